The van der Waals surface area contributed by atoms with Crippen molar-refractivity contribution in [3.05, 3.63) is 22.3 Å². The summed E-state index contributed by atoms with van der Waals surface area (Å²) in [5.41, 5.74) is 0. The second-order valence-corrected chi connectivity index (χ2v) is 10.1. The van der Waals surface area contributed by atoms with Crippen molar-refractivity contribution in [3.63, 3.8) is 0 Å². The lowest BCUT2D eigenvalue weighted by Crippen LogP contribution is -3.11. The summed E-state index contributed by atoms with van der Waals surface area (Å²) in [6.45, 7) is 16.0. The number of quaternary nitrogens is 1. The fourth-order valence-corrected chi connectivity index (χ4v) is 4.71. The smallest absolute Gasteiger partial charge is 0.330 e. The quantitative estimate of drug-likeness (QED) is 0.182. The lowest BCUT2D eigenvalue weighted by molar-refractivity contribution is -0.894. The number of hydrogen-bond donors (Lipinski definition) is 3. The van der Waals surface area contributed by atoms with Crippen LogP contribution in [0.5, 0.6) is 0 Å². The number of halogens is 1. The van der Waals surface area contributed by atoms with Crippen LogP contribution >= 0.6 is 30.4 Å². The Kier molecular flexibility index (Phi) is 16.2. The molecule has 0 amide bonds. The Balaban J connectivity index is 0.00000118. The second-order valence-electron chi connectivity index (χ2n) is 8.27. The molecule has 0 saturated carbocycles. The fraction of sp³-hybridized carbons (Fsp3) is 0.773. The number of phosphoric acid groups is 1. The van der Waals surface area contributed by atoms with Gasteiger partial charge in [-0.25, -0.2) is 4.79 Å². The molecule has 188 valence electrons. The predicted octanol–water partition coefficient (Wildman–Crippen LogP) is 2.24. The number of carbonyl (C=O) groups is 1. The molecule has 0 aromatic carbocycles. The number of cyclic esters (lactones) is 1. The lowest BCUT2D eigenvalue weighted by atomic mass is 9.85. The lowest BCUT2D eigenvalue weighted by Gasteiger charge is -2.33. The Hall–Kier alpha value is -0.290. The van der Waals surface area contributed by atoms with Gasteiger partial charge in [-0.15, -0.1) is 0 Å². The molecule has 0 bridgehead atoms. The van der Waals surface area contributed by atoms with E-state index in [1.165, 1.54) is 31.8 Å². The number of aliphatic hydroxyl groups is 1. The van der Waals surface area contributed by atoms with E-state index in [1.807, 2.05) is 36.4 Å². The molecular formula is C22H41INO7P. The molecule has 0 aliphatic carbocycles. The van der Waals surface area contributed by atoms with Crippen molar-refractivity contribution in [1.82, 2.24) is 0 Å². The molecule has 0 aromatic heterocycles. The Bertz CT molecular complexity index is 630. The molecule has 1 aliphatic heterocycles. The average Bonchev–Trinajstić information content (AvgIpc) is 2.73. The van der Waals surface area contributed by atoms with Crippen LogP contribution in [0.1, 0.15) is 54.4 Å². The zero-order valence-electron chi connectivity index (χ0n) is 20.1. The molecule has 0 spiro atoms. The van der Waals surface area contributed by atoms with Crippen LogP contribution in [0, 0.1) is 17.8 Å². The van der Waals surface area contributed by atoms with Crippen molar-refractivity contribution < 1.29 is 38.4 Å². The largest absolute Gasteiger partial charge is 0.756 e. The zero-order chi connectivity index (χ0) is 24.9. The van der Waals surface area contributed by atoms with Gasteiger partial charge < -0.3 is 29.1 Å². The van der Waals surface area contributed by atoms with E-state index in [0.717, 1.165) is 0 Å². The molecule has 1 heterocycles. The van der Waals surface area contributed by atoms with Gasteiger partial charge in [0, 0.05) is 17.9 Å². The molecule has 0 saturated heterocycles. The van der Waals surface area contributed by atoms with Crippen LogP contribution in [0.3, 0.4) is 0 Å². The van der Waals surface area contributed by atoms with Crippen molar-refractivity contribution >= 4 is 36.4 Å². The highest BCUT2D eigenvalue weighted by Gasteiger charge is 2.31. The second kappa shape index (κ2) is 16.4. The number of nitrogens with one attached hydrogen (secondary N) is 1. The van der Waals surface area contributed by atoms with Gasteiger partial charge in [0.15, 0.2) is 0 Å². The number of ether oxygens (including phenoxy) is 1. The van der Waals surface area contributed by atoms with Crippen molar-refractivity contribution in [2.24, 2.45) is 17.8 Å². The highest BCUT2D eigenvalue weighted by Crippen LogP contribution is 2.38. The number of hydrogen-bond acceptors (Lipinski definition) is 6. The Morgan fingerprint density at radius 2 is 1.84 bits per heavy atom. The van der Waals surface area contributed by atoms with Gasteiger partial charge in [0.2, 0.25) is 0 Å². The summed E-state index contributed by atoms with van der Waals surface area (Å²) >= 11 is 1.95. The molecule has 10 heteroatoms. The minimum absolute atomic E-state index is 0.0378. The van der Waals surface area contributed by atoms with Gasteiger partial charge in [-0.05, 0) is 49.7 Å². The maximum atomic E-state index is 11.4. The van der Waals surface area contributed by atoms with E-state index in [9.17, 15) is 19.4 Å². The van der Waals surface area contributed by atoms with Gasteiger partial charge in [-0.2, -0.15) is 0 Å². The third kappa shape index (κ3) is 12.8. The minimum atomic E-state index is -4.93. The topological polar surface area (TPSA) is 121 Å². The van der Waals surface area contributed by atoms with Crippen molar-refractivity contribution in [2.75, 3.05) is 19.6 Å². The molecule has 8 nitrogen and oxygen atoms in total. The molecule has 7 atom stereocenters. The molecule has 1 aliphatic rings. The molecule has 0 aromatic rings. The minimum Gasteiger partial charge on any atom is -0.756 e. The third-order valence-electron chi connectivity index (χ3n) is 5.94. The van der Waals surface area contributed by atoms with Crippen molar-refractivity contribution in [2.45, 2.75) is 72.7 Å². The van der Waals surface area contributed by atoms with E-state index in [2.05, 4.69) is 20.8 Å². The fourth-order valence-electron chi connectivity index (χ4n) is 3.65. The number of phosphoric ester groups is 1. The first-order chi connectivity index (χ1) is 14.9. The summed E-state index contributed by atoms with van der Waals surface area (Å²) in [6.07, 6.45) is 3.40. The Morgan fingerprint density at radius 1 is 1.28 bits per heavy atom. The van der Waals surface area contributed by atoms with E-state index in [-0.39, 0.29) is 24.4 Å². The van der Waals surface area contributed by atoms with Gasteiger partial charge >= 0.3 is 5.97 Å². The summed E-state index contributed by atoms with van der Waals surface area (Å²) in [5, 5.41) is 10.1. The van der Waals surface area contributed by atoms with Crippen molar-refractivity contribution in [1.29, 1.82) is 0 Å². The normalized spacial score (nSPS) is 24.3. The monoisotopic (exact) mass is 589 g/mol. The van der Waals surface area contributed by atoms with E-state index in [4.69, 9.17) is 14.2 Å². The van der Waals surface area contributed by atoms with Gasteiger partial charge in [-0.1, -0.05) is 49.4 Å². The molecule has 0 fully saturated rings. The first-order valence-electron chi connectivity index (χ1n) is 11.3. The van der Waals surface area contributed by atoms with Gasteiger partial charge in [0.25, 0.3) is 7.82 Å². The average molecular weight is 589 g/mol. The molecule has 32 heavy (non-hydrogen) atoms. The standard InChI is InChI=1S/C16H26IO7P.C6H15N/c1-10(16-11(2)5-7-15(19)23-16)4-6-14(24-25(20,21)22)12(3)13(18)8-9-17;1-4-7(5-2)6-3/h5,7-14,16,18H,4,6H2,1-3H3,(H2,20,21,22);4-6H2,1-3H3/b9-8-;/t10-,11-,12-,13-,14-,16-;/m0./s1. The number of esters is 1. The molecule has 3 N–H and O–H groups in total. The van der Waals surface area contributed by atoms with Crippen LogP contribution in [-0.2, 0) is 18.6 Å². The van der Waals surface area contributed by atoms with E-state index in [1.54, 1.807) is 22.0 Å². The van der Waals surface area contributed by atoms with Crippen LogP contribution in [-0.4, -0.2) is 53.9 Å². The molecular weight excluding hydrogens is 548 g/mol. The highest BCUT2D eigenvalue weighted by molar-refractivity contribution is 14.1. The van der Waals surface area contributed by atoms with E-state index < -0.39 is 31.9 Å². The zero-order valence-corrected chi connectivity index (χ0v) is 23.1. The molecule has 0 radical (unpaired) electrons. The number of rotatable bonds is 12. The van der Waals surface area contributed by atoms with Crippen LogP contribution in [0.25, 0.3) is 0 Å². The molecule has 1 rings (SSSR count). The maximum absolute atomic E-state index is 11.4. The summed E-state index contributed by atoms with van der Waals surface area (Å²) in [6, 6.07) is 0. The van der Waals surface area contributed by atoms with Gasteiger partial charge in [0.05, 0.1) is 31.8 Å². The first-order valence-corrected chi connectivity index (χ1v) is 14.0. The Labute approximate surface area is 206 Å². The van der Waals surface area contributed by atoms with Gasteiger partial charge in [-0.3, -0.25) is 4.57 Å². The maximum Gasteiger partial charge on any atom is 0.330 e. The van der Waals surface area contributed by atoms with Gasteiger partial charge in [0.1, 0.15) is 6.10 Å². The number of carbonyl (C=O) groups excluding carboxylic acids is 1. The van der Waals surface area contributed by atoms with E-state index >= 15 is 0 Å². The van der Waals surface area contributed by atoms with Crippen LogP contribution in [0.4, 0.5) is 0 Å². The Morgan fingerprint density at radius 3 is 2.28 bits per heavy atom. The third-order valence-corrected chi connectivity index (χ3v) is 6.89. The van der Waals surface area contributed by atoms with Crippen LogP contribution in [0.2, 0.25) is 0 Å². The summed E-state index contributed by atoms with van der Waals surface area (Å²) in [5.74, 6) is -0.915. The number of aliphatic hydroxyl groups excluding tert-OH is 1. The summed E-state index contributed by atoms with van der Waals surface area (Å²) < 4.78 is 22.9. The highest BCUT2D eigenvalue weighted by atomic mass is 127. The van der Waals surface area contributed by atoms with Crippen LogP contribution < -0.4 is 9.79 Å². The van der Waals surface area contributed by atoms with Crippen molar-refractivity contribution in [3.8, 4) is 0 Å². The molecule has 1 unspecified atom stereocenters. The van der Waals surface area contributed by atoms with E-state index in [0.29, 0.717) is 6.42 Å². The summed E-state index contributed by atoms with van der Waals surface area (Å²) in [7, 11) is -4.93. The first kappa shape index (κ1) is 31.7. The predicted molar refractivity (Wildman–Crippen MR) is 132 cm³/mol. The SMILES string of the molecule is CC[NH+](CC)CC.C[C@H]([C@H](CC[C@H](C)[C@@H]1OC(=O)C=C[C@@H]1C)OP(=O)([O-])O)[C@@H](O)/C=C\I. The summed E-state index contributed by atoms with van der Waals surface area (Å²) in [4.78, 5) is 33.3. The van der Waals surface area contributed by atoms with Crippen LogP contribution in [0.15, 0.2) is 22.3 Å².